The first-order valence-corrected chi connectivity index (χ1v) is 9.13. The number of carbonyl (C=O) groups is 1. The molecule has 0 aliphatic carbocycles. The van der Waals surface area contributed by atoms with Crippen molar-refractivity contribution in [3.8, 4) is 5.75 Å². The molecule has 7 heteroatoms. The Kier molecular flexibility index (Phi) is 6.89. The molecule has 0 saturated heterocycles. The number of ether oxygens (including phenoxy) is 3. The molecule has 1 unspecified atom stereocenters. The van der Waals surface area contributed by atoms with E-state index in [0.29, 0.717) is 41.7 Å². The van der Waals surface area contributed by atoms with Crippen molar-refractivity contribution >= 4 is 23.3 Å². The molecule has 0 N–H and O–H groups in total. The zero-order valence-electron chi connectivity index (χ0n) is 15.9. The summed E-state index contributed by atoms with van der Waals surface area (Å²) in [7, 11) is 0. The Morgan fingerprint density at radius 1 is 1.38 bits per heavy atom. The zero-order chi connectivity index (χ0) is 19.3. The van der Waals surface area contributed by atoms with Crippen LogP contribution in [-0.2, 0) is 19.1 Å². The standard InChI is InChI=1S/C19H26ClNO5/c1-6-14(18(22)26-19(3,4)5)25-15-9-8-12(20)10-13(15)17-16(23-7-2)11-24-21-17/h8-10,14,16H,6-7,11H2,1-5H3/t14-,16?/m0/s1. The molecule has 0 radical (unpaired) electrons. The summed E-state index contributed by atoms with van der Waals surface area (Å²) in [6.45, 7) is 10.1. The molecule has 1 aliphatic rings. The van der Waals surface area contributed by atoms with E-state index in [0.717, 1.165) is 0 Å². The molecular formula is C19H26ClNO5. The highest BCUT2D eigenvalue weighted by atomic mass is 35.5. The predicted molar refractivity (Wildman–Crippen MR) is 99.9 cm³/mol. The van der Waals surface area contributed by atoms with Gasteiger partial charge in [0, 0.05) is 17.2 Å². The summed E-state index contributed by atoms with van der Waals surface area (Å²) in [6, 6.07) is 5.15. The van der Waals surface area contributed by atoms with Crippen LogP contribution in [0.15, 0.2) is 23.4 Å². The quantitative estimate of drug-likeness (QED) is 0.666. The Balaban J connectivity index is 2.28. The number of benzene rings is 1. The van der Waals surface area contributed by atoms with Crippen molar-refractivity contribution in [3.05, 3.63) is 28.8 Å². The maximum Gasteiger partial charge on any atom is 0.347 e. The number of halogens is 1. The molecule has 1 aliphatic heterocycles. The molecule has 26 heavy (non-hydrogen) atoms. The predicted octanol–water partition coefficient (Wildman–Crippen LogP) is 3.98. The van der Waals surface area contributed by atoms with Gasteiger partial charge in [0.2, 0.25) is 0 Å². The minimum Gasteiger partial charge on any atom is -0.478 e. The smallest absolute Gasteiger partial charge is 0.347 e. The number of hydrogen-bond donors (Lipinski definition) is 0. The second-order valence-corrected chi connectivity index (χ2v) is 7.34. The molecule has 2 rings (SSSR count). The monoisotopic (exact) mass is 383 g/mol. The maximum absolute atomic E-state index is 12.4. The van der Waals surface area contributed by atoms with Gasteiger partial charge < -0.3 is 19.0 Å². The van der Waals surface area contributed by atoms with E-state index in [4.69, 9.17) is 30.6 Å². The molecule has 2 atom stereocenters. The van der Waals surface area contributed by atoms with Crippen LogP contribution in [0.2, 0.25) is 5.02 Å². The average molecular weight is 384 g/mol. The van der Waals surface area contributed by atoms with E-state index in [1.165, 1.54) is 0 Å². The van der Waals surface area contributed by atoms with Crippen LogP contribution in [0.4, 0.5) is 0 Å². The van der Waals surface area contributed by atoms with Gasteiger partial charge in [0.05, 0.1) is 0 Å². The third-order valence-electron chi connectivity index (χ3n) is 3.59. The lowest BCUT2D eigenvalue weighted by Crippen LogP contribution is -2.35. The van der Waals surface area contributed by atoms with Crippen LogP contribution in [0.1, 0.15) is 46.6 Å². The van der Waals surface area contributed by atoms with Gasteiger partial charge in [-0.25, -0.2) is 4.79 Å². The number of nitrogens with zero attached hydrogens (tertiary/aromatic N) is 1. The summed E-state index contributed by atoms with van der Waals surface area (Å²) in [5.74, 6) is 0.0768. The normalized spacial score (nSPS) is 18.1. The van der Waals surface area contributed by atoms with Gasteiger partial charge >= 0.3 is 5.97 Å². The lowest BCUT2D eigenvalue weighted by molar-refractivity contribution is -0.163. The van der Waals surface area contributed by atoms with Crippen LogP contribution >= 0.6 is 11.6 Å². The second-order valence-electron chi connectivity index (χ2n) is 6.90. The molecule has 0 aromatic heterocycles. The number of carbonyl (C=O) groups excluding carboxylic acids is 1. The van der Waals surface area contributed by atoms with Crippen molar-refractivity contribution in [2.45, 2.75) is 58.8 Å². The molecule has 0 spiro atoms. The number of hydrogen-bond acceptors (Lipinski definition) is 6. The number of rotatable bonds is 7. The van der Waals surface area contributed by atoms with E-state index < -0.39 is 17.7 Å². The third-order valence-corrected chi connectivity index (χ3v) is 3.82. The van der Waals surface area contributed by atoms with E-state index in [9.17, 15) is 4.79 Å². The molecule has 144 valence electrons. The molecule has 1 aromatic rings. The van der Waals surface area contributed by atoms with E-state index in [-0.39, 0.29) is 6.10 Å². The van der Waals surface area contributed by atoms with Crippen molar-refractivity contribution in [1.82, 2.24) is 0 Å². The zero-order valence-corrected chi connectivity index (χ0v) is 16.6. The van der Waals surface area contributed by atoms with Crippen LogP contribution in [0.25, 0.3) is 0 Å². The van der Waals surface area contributed by atoms with Gasteiger partial charge in [-0.15, -0.1) is 0 Å². The largest absolute Gasteiger partial charge is 0.478 e. The number of oxime groups is 1. The van der Waals surface area contributed by atoms with Crippen LogP contribution in [0.3, 0.4) is 0 Å². The highest BCUT2D eigenvalue weighted by Crippen LogP contribution is 2.29. The minimum absolute atomic E-state index is 0.303. The average Bonchev–Trinajstić information content (AvgIpc) is 3.00. The molecule has 1 aromatic carbocycles. The molecule has 6 nitrogen and oxygen atoms in total. The van der Waals surface area contributed by atoms with Crippen molar-refractivity contribution < 1.29 is 23.8 Å². The maximum atomic E-state index is 12.4. The summed E-state index contributed by atoms with van der Waals surface area (Å²) in [5.41, 5.74) is 0.666. The lowest BCUT2D eigenvalue weighted by atomic mass is 10.0. The highest BCUT2D eigenvalue weighted by molar-refractivity contribution is 6.31. The first-order chi connectivity index (χ1) is 12.2. The van der Waals surface area contributed by atoms with E-state index >= 15 is 0 Å². The Morgan fingerprint density at radius 2 is 2.12 bits per heavy atom. The Labute approximate surface area is 159 Å². The Bertz CT molecular complexity index is 668. The van der Waals surface area contributed by atoms with Gasteiger partial charge in [-0.2, -0.15) is 0 Å². The lowest BCUT2D eigenvalue weighted by Gasteiger charge is -2.25. The fraction of sp³-hybridized carbons (Fsp3) is 0.579. The molecular weight excluding hydrogens is 358 g/mol. The van der Waals surface area contributed by atoms with E-state index in [2.05, 4.69) is 5.16 Å². The van der Waals surface area contributed by atoms with Gasteiger partial charge in [0.1, 0.15) is 29.8 Å². The van der Waals surface area contributed by atoms with Crippen molar-refractivity contribution in [3.63, 3.8) is 0 Å². The number of esters is 1. The van der Waals surface area contributed by atoms with Crippen LogP contribution in [0, 0.1) is 0 Å². The van der Waals surface area contributed by atoms with E-state index in [1.54, 1.807) is 18.2 Å². The summed E-state index contributed by atoms with van der Waals surface area (Å²) < 4.78 is 17.1. The summed E-state index contributed by atoms with van der Waals surface area (Å²) in [5, 5.41) is 4.61. The van der Waals surface area contributed by atoms with Gasteiger partial charge in [-0.05, 0) is 52.3 Å². The second kappa shape index (κ2) is 8.73. The Hall–Kier alpha value is -1.79. The topological polar surface area (TPSA) is 66.3 Å². The SMILES string of the molecule is CCOC1CON=C1c1cc(Cl)ccc1O[C@@H](CC)C(=O)OC(C)(C)C. The Morgan fingerprint density at radius 3 is 2.73 bits per heavy atom. The van der Waals surface area contributed by atoms with Crippen LogP contribution in [-0.4, -0.2) is 42.7 Å². The van der Waals surface area contributed by atoms with Crippen molar-refractivity contribution in [2.24, 2.45) is 5.16 Å². The first kappa shape index (κ1) is 20.5. The molecule has 0 amide bonds. The van der Waals surface area contributed by atoms with Gasteiger partial charge in [0.25, 0.3) is 0 Å². The fourth-order valence-electron chi connectivity index (χ4n) is 2.49. The van der Waals surface area contributed by atoms with Gasteiger partial charge in [0.15, 0.2) is 6.10 Å². The molecule has 0 fully saturated rings. The van der Waals surface area contributed by atoms with Gasteiger partial charge in [-0.1, -0.05) is 23.7 Å². The fourth-order valence-corrected chi connectivity index (χ4v) is 2.66. The molecule has 0 saturated carbocycles. The molecule has 0 bridgehead atoms. The van der Waals surface area contributed by atoms with E-state index in [1.807, 2.05) is 34.6 Å². The summed E-state index contributed by atoms with van der Waals surface area (Å²) in [4.78, 5) is 17.6. The summed E-state index contributed by atoms with van der Waals surface area (Å²) in [6.07, 6.45) is -0.570. The van der Waals surface area contributed by atoms with Gasteiger partial charge in [-0.3, -0.25) is 0 Å². The first-order valence-electron chi connectivity index (χ1n) is 8.76. The van der Waals surface area contributed by atoms with Crippen LogP contribution in [0.5, 0.6) is 5.75 Å². The van der Waals surface area contributed by atoms with Crippen molar-refractivity contribution in [2.75, 3.05) is 13.2 Å². The van der Waals surface area contributed by atoms with Crippen molar-refractivity contribution in [1.29, 1.82) is 0 Å². The van der Waals surface area contributed by atoms with Crippen LogP contribution < -0.4 is 4.74 Å². The third kappa shape index (κ3) is 5.35. The minimum atomic E-state index is -0.734. The highest BCUT2D eigenvalue weighted by Gasteiger charge is 2.30. The summed E-state index contributed by atoms with van der Waals surface area (Å²) >= 11 is 6.16. The molecule has 1 heterocycles.